The van der Waals surface area contributed by atoms with Crippen molar-refractivity contribution in [1.29, 1.82) is 0 Å². The first-order valence-corrected chi connectivity index (χ1v) is 14.0. The smallest absolute Gasteiger partial charge is 0.0558 e. The van der Waals surface area contributed by atoms with Crippen molar-refractivity contribution in [2.45, 2.75) is 27.7 Å². The summed E-state index contributed by atoms with van der Waals surface area (Å²) in [5, 5.41) is 50.9. The summed E-state index contributed by atoms with van der Waals surface area (Å²) in [6.07, 6.45) is 0. The zero-order valence-electron chi connectivity index (χ0n) is 20.8. The number of hydrogen-bond acceptors (Lipinski definition) is 12. The molecule has 0 rings (SSSR count). The van der Waals surface area contributed by atoms with Crippen molar-refractivity contribution < 1.29 is 62.8 Å². The largest absolute Gasteiger partial charge is 0.395 e. The number of rotatable bonds is 18. The van der Waals surface area contributed by atoms with Gasteiger partial charge in [-0.15, -0.1) is 0 Å². The van der Waals surface area contributed by atoms with Crippen LogP contribution in [0.3, 0.4) is 0 Å². The Morgan fingerprint density at radius 3 is 0.879 bits per heavy atom. The second-order valence-electron chi connectivity index (χ2n) is 7.98. The maximum absolute atomic E-state index is 9.31. The van der Waals surface area contributed by atoms with Gasteiger partial charge in [-0.05, 0) is 0 Å². The predicted molar refractivity (Wildman–Crippen MR) is 121 cm³/mol. The third-order valence-electron chi connectivity index (χ3n) is 3.71. The van der Waals surface area contributed by atoms with E-state index in [9.17, 15) is 7.38 Å². The molecule has 0 bridgehead atoms. The molecule has 0 aromatic heterocycles. The molecule has 0 spiro atoms. The van der Waals surface area contributed by atoms with Gasteiger partial charge in [0, 0.05) is 39.3 Å². The molecule has 33 heavy (non-hydrogen) atoms. The van der Waals surface area contributed by atoms with Crippen LogP contribution >= 0.6 is 0 Å². The average Bonchev–Trinajstić information content (AvgIpc) is 2.73. The number of aliphatic hydroxyl groups is 6. The molecule has 13 heteroatoms. The van der Waals surface area contributed by atoms with Crippen LogP contribution in [0.5, 0.6) is 0 Å². The molecular formula is C20H50N2O10Ti. The predicted octanol–water partition coefficient (Wildman–Crippen LogP) is -2.34. The third-order valence-corrected chi connectivity index (χ3v) is 5.40. The molecule has 0 aromatic carbocycles. The van der Waals surface area contributed by atoms with E-state index in [0.717, 1.165) is 0 Å². The minimum absolute atomic E-state index is 0.0694. The fraction of sp³-hybridized carbons (Fsp3) is 1.00. The van der Waals surface area contributed by atoms with Gasteiger partial charge in [-0.1, -0.05) is 0 Å². The summed E-state index contributed by atoms with van der Waals surface area (Å²) >= 11 is -4.32. The van der Waals surface area contributed by atoms with Crippen LogP contribution in [0.2, 0.25) is 0 Å². The van der Waals surface area contributed by atoms with Gasteiger partial charge in [-0.2, -0.15) is 0 Å². The number of nitrogens with zero attached hydrogens (tertiary/aromatic N) is 2. The maximum Gasteiger partial charge on any atom is 0.0558 e. The molecule has 0 aromatic rings. The van der Waals surface area contributed by atoms with Gasteiger partial charge < -0.3 is 30.6 Å². The summed E-state index contributed by atoms with van der Waals surface area (Å²) < 4.78 is 28.5. The molecule has 0 fully saturated rings. The minimum Gasteiger partial charge on any atom is -0.395 e. The maximum atomic E-state index is 9.31. The summed E-state index contributed by atoms with van der Waals surface area (Å²) in [7, 11) is 0. The third kappa shape index (κ3) is 32.2. The Balaban J connectivity index is -0.000000415. The molecule has 0 saturated carbocycles. The van der Waals surface area contributed by atoms with Crippen molar-refractivity contribution in [2.75, 3.05) is 92.1 Å². The quantitative estimate of drug-likeness (QED) is 0.0891. The number of hydrogen-bond donors (Lipinski definition) is 8. The van der Waals surface area contributed by atoms with Crippen LogP contribution in [0.15, 0.2) is 0 Å². The molecular weight excluding hydrogens is 476 g/mol. The summed E-state index contributed by atoms with van der Waals surface area (Å²) in [5.41, 5.74) is 0. The van der Waals surface area contributed by atoms with Crippen LogP contribution in [0.25, 0.3) is 0 Å². The molecule has 8 N–H and O–H groups in total. The summed E-state index contributed by atoms with van der Waals surface area (Å²) in [4.78, 5) is 3.58. The van der Waals surface area contributed by atoms with Gasteiger partial charge in [-0.3, -0.25) is 9.80 Å². The van der Waals surface area contributed by atoms with Crippen LogP contribution in [-0.2, 0) is 24.8 Å². The molecule has 0 aliphatic heterocycles. The fourth-order valence-corrected chi connectivity index (χ4v) is 3.96. The molecule has 0 aliphatic carbocycles. The molecule has 0 radical (unpaired) electrons. The molecule has 0 atom stereocenters. The van der Waals surface area contributed by atoms with Gasteiger partial charge in [-0.25, -0.2) is 0 Å². The van der Waals surface area contributed by atoms with Gasteiger partial charge >= 0.3 is 84.9 Å². The van der Waals surface area contributed by atoms with Crippen molar-refractivity contribution in [1.82, 2.24) is 9.80 Å². The molecule has 0 unspecified atom stereocenters. The van der Waals surface area contributed by atoms with Crippen molar-refractivity contribution in [2.24, 2.45) is 11.8 Å². The van der Waals surface area contributed by atoms with E-state index in [1.165, 1.54) is 0 Å². The molecule has 0 saturated heterocycles. The first-order valence-electron chi connectivity index (χ1n) is 11.4. The topological polar surface area (TPSA) is 187 Å². The SMILES string of the molecule is CC(C)C[O][Ti]([OH])([OH])[O]CC(C)C.OCCN(CCO)CCO.OCCN(CCO)CCO. The second-order valence-corrected chi connectivity index (χ2v) is 10.6. The summed E-state index contributed by atoms with van der Waals surface area (Å²) in [6.45, 7) is 12.0. The standard InChI is InChI=1S/2C6H15NO3.2C4H9O.2H2O.Ti/c2*8-4-1-7(2-5-9)3-6-10;2*1-4(2)3-5;;;/h2*8-10H,1-6H2;2*4H,3H2,1-2H3;2*1H2;/q;;2*-1;;;+4/p-2. The van der Waals surface area contributed by atoms with Gasteiger partial charge in [0.1, 0.15) is 0 Å². The summed E-state index contributed by atoms with van der Waals surface area (Å²) in [6, 6.07) is 0. The molecule has 12 nitrogen and oxygen atoms in total. The Labute approximate surface area is 204 Å². The zero-order chi connectivity index (χ0) is 26.1. The molecule has 0 amide bonds. The Morgan fingerprint density at radius 2 is 0.727 bits per heavy atom. The monoisotopic (exact) mass is 526 g/mol. The van der Waals surface area contributed by atoms with Crippen molar-refractivity contribution in [3.63, 3.8) is 0 Å². The van der Waals surface area contributed by atoms with E-state index in [1.54, 1.807) is 9.80 Å². The van der Waals surface area contributed by atoms with E-state index in [2.05, 4.69) is 0 Å². The van der Waals surface area contributed by atoms with E-state index in [0.29, 0.717) is 52.5 Å². The van der Waals surface area contributed by atoms with Crippen molar-refractivity contribution in [3.8, 4) is 0 Å². The fourth-order valence-electron chi connectivity index (χ4n) is 2.11. The van der Waals surface area contributed by atoms with Gasteiger partial charge in [0.2, 0.25) is 0 Å². The van der Waals surface area contributed by atoms with Crippen molar-refractivity contribution in [3.05, 3.63) is 0 Å². The van der Waals surface area contributed by atoms with Crippen LogP contribution in [-0.4, -0.2) is 140 Å². The van der Waals surface area contributed by atoms with E-state index < -0.39 is 18.1 Å². The van der Waals surface area contributed by atoms with Crippen LogP contribution in [0.1, 0.15) is 27.7 Å². The normalized spacial score (nSPS) is 11.6. The summed E-state index contributed by atoms with van der Waals surface area (Å²) in [5.74, 6) is 0.568. The van der Waals surface area contributed by atoms with Crippen LogP contribution < -0.4 is 0 Å². The van der Waals surface area contributed by atoms with Gasteiger partial charge in [0.05, 0.1) is 39.6 Å². The van der Waals surface area contributed by atoms with Crippen LogP contribution in [0.4, 0.5) is 0 Å². The van der Waals surface area contributed by atoms with Crippen LogP contribution in [0, 0.1) is 11.8 Å². The average molecular weight is 526 g/mol. The second kappa shape index (κ2) is 26.8. The van der Waals surface area contributed by atoms with E-state index in [1.807, 2.05) is 27.7 Å². The van der Waals surface area contributed by atoms with Gasteiger partial charge in [0.25, 0.3) is 0 Å². The molecule has 0 heterocycles. The van der Waals surface area contributed by atoms with E-state index in [-0.39, 0.29) is 51.5 Å². The van der Waals surface area contributed by atoms with E-state index in [4.69, 9.17) is 37.3 Å². The Hall–Kier alpha value is 0.234. The molecule has 204 valence electrons. The molecule has 0 aliphatic rings. The van der Waals surface area contributed by atoms with Gasteiger partial charge in [0.15, 0.2) is 0 Å². The Kier molecular flexibility index (Phi) is 30.7. The van der Waals surface area contributed by atoms with Crippen molar-refractivity contribution >= 4 is 0 Å². The first kappa shape index (κ1) is 37.8. The zero-order valence-corrected chi connectivity index (χ0v) is 22.4. The Morgan fingerprint density at radius 1 is 0.515 bits per heavy atom. The Bertz CT molecular complexity index is 322. The number of aliphatic hydroxyl groups excluding tert-OH is 6. The first-order chi connectivity index (χ1) is 15.5. The van der Waals surface area contributed by atoms with E-state index >= 15 is 0 Å². The minimum atomic E-state index is -4.32.